The van der Waals surface area contributed by atoms with E-state index < -0.39 is 0 Å². The Morgan fingerprint density at radius 2 is 2.07 bits per heavy atom. The monoisotopic (exact) mass is 231 g/mol. The molecule has 0 aliphatic rings. The average Bonchev–Trinajstić information content (AvgIpc) is 2.18. The highest BCUT2D eigenvalue weighted by Crippen LogP contribution is 2.24. The van der Waals surface area contributed by atoms with Crippen molar-refractivity contribution in [1.82, 2.24) is 0 Å². The van der Waals surface area contributed by atoms with E-state index in [-0.39, 0.29) is 0 Å². The van der Waals surface area contributed by atoms with Gasteiger partial charge in [-0.3, -0.25) is 0 Å². The molecule has 0 aliphatic carbocycles. The van der Waals surface area contributed by atoms with E-state index in [1.165, 1.54) is 0 Å². The molecule has 0 amide bonds. The zero-order valence-electron chi connectivity index (χ0n) is 8.56. The Morgan fingerprint density at radius 1 is 1.36 bits per heavy atom. The van der Waals surface area contributed by atoms with Crippen molar-refractivity contribution in [3.05, 3.63) is 28.8 Å². The Kier molecular flexibility index (Phi) is 4.56. The second-order valence-corrected chi connectivity index (χ2v) is 4.01. The van der Waals surface area contributed by atoms with Crippen molar-refractivity contribution in [2.75, 3.05) is 18.5 Å². The fourth-order valence-corrected chi connectivity index (χ4v) is 1.89. The number of anilines is 1. The van der Waals surface area contributed by atoms with Gasteiger partial charge < -0.3 is 4.90 Å². The first-order valence-electron chi connectivity index (χ1n) is 4.74. The van der Waals surface area contributed by atoms with Gasteiger partial charge >= 0.3 is 0 Å². The number of alkyl halides is 1. The van der Waals surface area contributed by atoms with Gasteiger partial charge in [0, 0.05) is 30.2 Å². The van der Waals surface area contributed by atoms with E-state index in [9.17, 15) is 0 Å². The van der Waals surface area contributed by atoms with Crippen molar-refractivity contribution in [3.63, 3.8) is 0 Å². The molecule has 0 radical (unpaired) electrons. The molecule has 0 saturated heterocycles. The molecule has 0 spiro atoms. The minimum atomic E-state index is 0.469. The molecule has 0 bridgehead atoms. The van der Waals surface area contributed by atoms with Gasteiger partial charge in [0.1, 0.15) is 0 Å². The second-order valence-electron chi connectivity index (χ2n) is 3.33. The fraction of sp³-hybridized carbons (Fsp3) is 0.455. The standard InChI is InChI=1S/C11H15Cl2N/c1-3-6-14(2)10-5-4-9(8-12)11(13)7-10/h4-5,7H,3,6,8H2,1-2H3. The maximum absolute atomic E-state index is 6.06. The van der Waals surface area contributed by atoms with Gasteiger partial charge in [-0.2, -0.15) is 0 Å². The van der Waals surface area contributed by atoms with Crippen LogP contribution in [0.15, 0.2) is 18.2 Å². The van der Waals surface area contributed by atoms with Crippen LogP contribution in [-0.2, 0) is 5.88 Å². The van der Waals surface area contributed by atoms with Gasteiger partial charge in [0.2, 0.25) is 0 Å². The van der Waals surface area contributed by atoms with Crippen LogP contribution >= 0.6 is 23.2 Å². The minimum absolute atomic E-state index is 0.469. The van der Waals surface area contributed by atoms with Gasteiger partial charge in [-0.1, -0.05) is 24.6 Å². The molecule has 78 valence electrons. The maximum atomic E-state index is 6.06. The third-order valence-electron chi connectivity index (χ3n) is 2.18. The van der Waals surface area contributed by atoms with Crippen molar-refractivity contribution in [3.8, 4) is 0 Å². The number of nitrogens with zero attached hydrogens (tertiary/aromatic N) is 1. The molecule has 14 heavy (non-hydrogen) atoms. The highest BCUT2D eigenvalue weighted by atomic mass is 35.5. The molecule has 0 aliphatic heterocycles. The van der Waals surface area contributed by atoms with Gasteiger partial charge in [-0.05, 0) is 24.1 Å². The summed E-state index contributed by atoms with van der Waals surface area (Å²) in [5, 5.41) is 0.750. The third kappa shape index (κ3) is 2.79. The number of rotatable bonds is 4. The maximum Gasteiger partial charge on any atom is 0.0488 e. The summed E-state index contributed by atoms with van der Waals surface area (Å²) in [6, 6.07) is 6.00. The first-order valence-corrected chi connectivity index (χ1v) is 5.65. The molecule has 3 heteroatoms. The molecule has 0 aromatic heterocycles. The lowest BCUT2D eigenvalue weighted by Crippen LogP contribution is -2.17. The van der Waals surface area contributed by atoms with Crippen molar-refractivity contribution in [2.45, 2.75) is 19.2 Å². The molecule has 0 N–H and O–H groups in total. The molecule has 0 atom stereocenters. The summed E-state index contributed by atoms with van der Waals surface area (Å²) in [4.78, 5) is 2.18. The van der Waals surface area contributed by atoms with Crippen LogP contribution in [0, 0.1) is 0 Å². The molecule has 1 aromatic carbocycles. The van der Waals surface area contributed by atoms with Gasteiger partial charge in [-0.15, -0.1) is 11.6 Å². The normalized spacial score (nSPS) is 10.3. The summed E-state index contributed by atoms with van der Waals surface area (Å²) in [6.07, 6.45) is 1.13. The molecule has 1 aromatic rings. The molecule has 1 nitrogen and oxygen atoms in total. The van der Waals surface area contributed by atoms with Crippen molar-refractivity contribution < 1.29 is 0 Å². The first-order chi connectivity index (χ1) is 6.69. The lowest BCUT2D eigenvalue weighted by Gasteiger charge is -2.19. The van der Waals surface area contributed by atoms with Gasteiger partial charge in [0.25, 0.3) is 0 Å². The van der Waals surface area contributed by atoms with Crippen LogP contribution in [0.3, 0.4) is 0 Å². The Balaban J connectivity index is 2.85. The molecular weight excluding hydrogens is 217 g/mol. The highest BCUT2D eigenvalue weighted by Gasteiger charge is 2.03. The third-order valence-corrected chi connectivity index (χ3v) is 2.82. The van der Waals surface area contributed by atoms with Gasteiger partial charge in [0.15, 0.2) is 0 Å². The van der Waals surface area contributed by atoms with Crippen LogP contribution in [0.5, 0.6) is 0 Å². The van der Waals surface area contributed by atoms with Gasteiger partial charge in [0.05, 0.1) is 0 Å². The summed E-state index contributed by atoms with van der Waals surface area (Å²) < 4.78 is 0. The van der Waals surface area contributed by atoms with Crippen LogP contribution in [0.4, 0.5) is 5.69 Å². The quantitative estimate of drug-likeness (QED) is 0.711. The summed E-state index contributed by atoms with van der Waals surface area (Å²) in [5.41, 5.74) is 2.13. The summed E-state index contributed by atoms with van der Waals surface area (Å²) in [5.74, 6) is 0.469. The molecule has 0 heterocycles. The molecule has 1 rings (SSSR count). The Hall–Kier alpha value is -0.400. The van der Waals surface area contributed by atoms with E-state index in [0.29, 0.717) is 5.88 Å². The second kappa shape index (κ2) is 5.47. The van der Waals surface area contributed by atoms with Crippen molar-refractivity contribution in [2.24, 2.45) is 0 Å². The topological polar surface area (TPSA) is 3.24 Å². The number of hydrogen-bond donors (Lipinski definition) is 0. The Bertz CT molecular complexity index is 299. The highest BCUT2D eigenvalue weighted by molar-refractivity contribution is 6.32. The average molecular weight is 232 g/mol. The summed E-state index contributed by atoms with van der Waals surface area (Å²) in [7, 11) is 2.07. The Labute approximate surface area is 95.6 Å². The zero-order chi connectivity index (χ0) is 10.6. The zero-order valence-corrected chi connectivity index (χ0v) is 10.1. The van der Waals surface area contributed by atoms with E-state index in [1.54, 1.807) is 0 Å². The van der Waals surface area contributed by atoms with Gasteiger partial charge in [-0.25, -0.2) is 0 Å². The van der Waals surface area contributed by atoms with E-state index in [1.807, 2.05) is 12.1 Å². The fourth-order valence-electron chi connectivity index (χ4n) is 1.35. The lowest BCUT2D eigenvalue weighted by atomic mass is 10.2. The largest absolute Gasteiger partial charge is 0.375 e. The molecule has 0 saturated carbocycles. The van der Waals surface area contributed by atoms with Crippen molar-refractivity contribution in [1.29, 1.82) is 0 Å². The van der Waals surface area contributed by atoms with E-state index >= 15 is 0 Å². The number of halogens is 2. The SMILES string of the molecule is CCCN(C)c1ccc(CCl)c(Cl)c1. The van der Waals surface area contributed by atoms with E-state index in [0.717, 1.165) is 29.2 Å². The van der Waals surface area contributed by atoms with Crippen molar-refractivity contribution >= 4 is 28.9 Å². The number of benzene rings is 1. The number of hydrogen-bond acceptors (Lipinski definition) is 1. The van der Waals surface area contributed by atoms with Crippen LogP contribution in [0.1, 0.15) is 18.9 Å². The van der Waals surface area contributed by atoms with Crippen LogP contribution in [0.2, 0.25) is 5.02 Å². The van der Waals surface area contributed by atoms with E-state index in [2.05, 4.69) is 24.9 Å². The first kappa shape index (κ1) is 11.7. The van der Waals surface area contributed by atoms with E-state index in [4.69, 9.17) is 23.2 Å². The lowest BCUT2D eigenvalue weighted by molar-refractivity contribution is 0.852. The summed E-state index contributed by atoms with van der Waals surface area (Å²) in [6.45, 7) is 3.20. The molecule has 0 unspecified atom stereocenters. The van der Waals surface area contributed by atoms with Crippen LogP contribution in [0.25, 0.3) is 0 Å². The predicted molar refractivity (Wildman–Crippen MR) is 64.6 cm³/mol. The van der Waals surface area contributed by atoms with Crippen LogP contribution in [-0.4, -0.2) is 13.6 Å². The molecular formula is C11H15Cl2N. The minimum Gasteiger partial charge on any atom is -0.375 e. The summed E-state index contributed by atoms with van der Waals surface area (Å²) >= 11 is 11.8. The predicted octanol–water partition coefficient (Wildman–Crippen LogP) is 3.93. The molecule has 0 fully saturated rings. The Morgan fingerprint density at radius 3 is 2.57 bits per heavy atom. The van der Waals surface area contributed by atoms with Crippen LogP contribution < -0.4 is 4.90 Å². The smallest absolute Gasteiger partial charge is 0.0488 e.